The number of esters is 1. The number of thiophene rings is 1. The third-order valence-corrected chi connectivity index (χ3v) is 5.59. The van der Waals surface area contributed by atoms with Crippen molar-refractivity contribution in [3.05, 3.63) is 44.2 Å². The largest absolute Gasteiger partial charge is 0.479 e. The number of ether oxygens (including phenoxy) is 2. The van der Waals surface area contributed by atoms with Gasteiger partial charge in [-0.05, 0) is 51.5 Å². The van der Waals surface area contributed by atoms with E-state index in [9.17, 15) is 14.4 Å². The predicted octanol–water partition coefficient (Wildman–Crippen LogP) is 5.15. The summed E-state index contributed by atoms with van der Waals surface area (Å²) < 4.78 is 10.6. The van der Waals surface area contributed by atoms with Crippen LogP contribution < -0.4 is 10.1 Å². The molecule has 0 unspecified atom stereocenters. The van der Waals surface area contributed by atoms with Gasteiger partial charge in [-0.15, -0.1) is 11.3 Å². The second-order valence-corrected chi connectivity index (χ2v) is 7.73. The molecule has 9 heteroatoms. The van der Waals surface area contributed by atoms with Gasteiger partial charge in [0.1, 0.15) is 10.8 Å². The first-order chi connectivity index (χ1) is 13.1. The maximum absolute atomic E-state index is 12.6. The molecule has 0 saturated heterocycles. The Hall–Kier alpha value is -2.09. The van der Waals surface area contributed by atoms with Gasteiger partial charge in [-0.2, -0.15) is 0 Å². The Balaban J connectivity index is 2.25. The van der Waals surface area contributed by atoms with Crippen molar-refractivity contribution in [2.75, 3.05) is 11.9 Å². The lowest BCUT2D eigenvalue weighted by Gasteiger charge is -2.15. The van der Waals surface area contributed by atoms with Crippen LogP contribution in [-0.2, 0) is 9.53 Å². The number of anilines is 1. The van der Waals surface area contributed by atoms with Crippen molar-refractivity contribution in [1.29, 1.82) is 0 Å². The van der Waals surface area contributed by atoms with Crippen LogP contribution in [0.25, 0.3) is 0 Å². The molecule has 0 aliphatic heterocycles. The summed E-state index contributed by atoms with van der Waals surface area (Å²) in [7, 11) is 0. The number of benzene rings is 1. The minimum absolute atomic E-state index is 0.169. The smallest absolute Gasteiger partial charge is 0.341 e. The summed E-state index contributed by atoms with van der Waals surface area (Å²) in [5, 5.41) is 3.60. The molecule has 2 aromatic rings. The van der Waals surface area contributed by atoms with Gasteiger partial charge in [0.25, 0.3) is 5.91 Å². The number of halogens is 2. The van der Waals surface area contributed by atoms with Gasteiger partial charge in [0.15, 0.2) is 11.9 Å². The fourth-order valence-corrected chi connectivity index (χ4v) is 3.96. The summed E-state index contributed by atoms with van der Waals surface area (Å²) in [6.45, 7) is 6.42. The highest BCUT2D eigenvalue weighted by atomic mass is 35.5. The molecule has 0 fully saturated rings. The van der Waals surface area contributed by atoms with Crippen LogP contribution in [-0.4, -0.2) is 30.4 Å². The summed E-state index contributed by atoms with van der Waals surface area (Å²) in [6, 6.07) is 4.65. The Morgan fingerprint density at radius 2 is 1.93 bits per heavy atom. The van der Waals surface area contributed by atoms with Crippen LogP contribution in [0.5, 0.6) is 5.75 Å². The molecule has 28 heavy (non-hydrogen) atoms. The van der Waals surface area contributed by atoms with Crippen molar-refractivity contribution in [3.63, 3.8) is 0 Å². The third-order valence-electron chi connectivity index (χ3n) is 3.75. The lowest BCUT2D eigenvalue weighted by atomic mass is 10.1. The highest BCUT2D eigenvalue weighted by molar-refractivity contribution is 7.18. The van der Waals surface area contributed by atoms with Gasteiger partial charge in [0, 0.05) is 5.02 Å². The number of carbonyl (C=O) groups excluding carboxylic acids is 3. The molecule has 6 nitrogen and oxygen atoms in total. The molecule has 0 saturated carbocycles. The van der Waals surface area contributed by atoms with Crippen LogP contribution in [0, 0.1) is 6.92 Å². The number of hydrogen-bond donors (Lipinski definition) is 1. The minimum Gasteiger partial charge on any atom is -0.479 e. The van der Waals surface area contributed by atoms with E-state index in [4.69, 9.17) is 32.7 Å². The van der Waals surface area contributed by atoms with Gasteiger partial charge in [0.2, 0.25) is 0 Å². The Bertz CT molecular complexity index is 925. The Morgan fingerprint density at radius 1 is 1.25 bits per heavy atom. The number of hydrogen-bond acceptors (Lipinski definition) is 6. The summed E-state index contributed by atoms with van der Waals surface area (Å²) in [4.78, 5) is 37.1. The molecule has 1 N–H and O–H groups in total. The van der Waals surface area contributed by atoms with E-state index in [1.54, 1.807) is 26.0 Å². The quantitative estimate of drug-likeness (QED) is 0.472. The Kier molecular flexibility index (Phi) is 7.46. The molecule has 0 aliphatic carbocycles. The van der Waals surface area contributed by atoms with E-state index in [0.29, 0.717) is 21.2 Å². The normalized spacial score (nSPS) is 11.6. The van der Waals surface area contributed by atoms with Crippen molar-refractivity contribution in [3.8, 4) is 5.75 Å². The molecule has 0 spiro atoms. The highest BCUT2D eigenvalue weighted by Gasteiger charge is 2.27. The topological polar surface area (TPSA) is 81.7 Å². The third kappa shape index (κ3) is 5.04. The van der Waals surface area contributed by atoms with Gasteiger partial charge in [-0.3, -0.25) is 9.59 Å². The van der Waals surface area contributed by atoms with Gasteiger partial charge >= 0.3 is 5.97 Å². The van der Waals surface area contributed by atoms with E-state index < -0.39 is 18.0 Å². The second-order valence-electron chi connectivity index (χ2n) is 5.86. The average molecular weight is 444 g/mol. The van der Waals surface area contributed by atoms with E-state index >= 15 is 0 Å². The van der Waals surface area contributed by atoms with Crippen LogP contribution in [0.15, 0.2) is 18.2 Å². The van der Waals surface area contributed by atoms with Crippen molar-refractivity contribution in [2.45, 2.75) is 33.8 Å². The van der Waals surface area contributed by atoms with Gasteiger partial charge < -0.3 is 14.8 Å². The van der Waals surface area contributed by atoms with Crippen molar-refractivity contribution in [1.82, 2.24) is 0 Å². The molecule has 0 radical (unpaired) electrons. The fourth-order valence-electron chi connectivity index (χ4n) is 2.41. The Labute approximate surface area is 176 Å². The van der Waals surface area contributed by atoms with Crippen molar-refractivity contribution < 1.29 is 23.9 Å². The predicted molar refractivity (Wildman–Crippen MR) is 110 cm³/mol. The summed E-state index contributed by atoms with van der Waals surface area (Å²) in [6.07, 6.45) is -0.920. The fraction of sp³-hybridized carbons (Fsp3) is 0.316. The molecule has 1 amide bonds. The maximum atomic E-state index is 12.6. The van der Waals surface area contributed by atoms with E-state index in [0.717, 1.165) is 11.3 Å². The minimum atomic E-state index is -0.920. The van der Waals surface area contributed by atoms with Crippen molar-refractivity contribution >= 4 is 57.2 Å². The molecular formula is C19H19Cl2NO5S. The molecule has 1 aromatic heterocycles. The van der Waals surface area contributed by atoms with E-state index in [1.165, 1.54) is 19.9 Å². The van der Waals surface area contributed by atoms with Gasteiger partial charge in [0.05, 0.1) is 22.1 Å². The van der Waals surface area contributed by atoms with Crippen molar-refractivity contribution in [2.24, 2.45) is 0 Å². The second kappa shape index (κ2) is 9.41. The molecule has 1 atom stereocenters. The zero-order valence-corrected chi connectivity index (χ0v) is 18.1. The molecule has 150 valence electrons. The highest BCUT2D eigenvalue weighted by Crippen LogP contribution is 2.34. The number of carbonyl (C=O) groups is 3. The zero-order chi connectivity index (χ0) is 21.0. The zero-order valence-electron chi connectivity index (χ0n) is 15.7. The first kappa shape index (κ1) is 22.2. The monoisotopic (exact) mass is 443 g/mol. The molecule has 0 bridgehead atoms. The summed E-state index contributed by atoms with van der Waals surface area (Å²) in [5.74, 6) is -1.02. The number of ketones is 1. The van der Waals surface area contributed by atoms with Crippen LogP contribution in [0.1, 0.15) is 46.4 Å². The lowest BCUT2D eigenvalue weighted by Crippen LogP contribution is -2.30. The maximum Gasteiger partial charge on any atom is 0.341 e. The van der Waals surface area contributed by atoms with Gasteiger partial charge in [-0.1, -0.05) is 23.2 Å². The Morgan fingerprint density at radius 3 is 2.50 bits per heavy atom. The first-order valence-electron chi connectivity index (χ1n) is 8.39. The number of rotatable bonds is 7. The molecule has 1 aromatic carbocycles. The van der Waals surface area contributed by atoms with Crippen LogP contribution in [0.3, 0.4) is 0 Å². The molecule has 2 rings (SSSR count). The van der Waals surface area contributed by atoms with Crippen LogP contribution in [0.2, 0.25) is 10.0 Å². The standard InChI is InChI=1S/C19H19Cl2NO5S/c1-5-26-19(25)15-9(2)16(10(3)23)28-18(15)22-17(24)11(4)27-14-7-6-12(20)8-13(14)21/h6-8,11H,5H2,1-4H3,(H,22,24)/t11-/m0/s1. The summed E-state index contributed by atoms with van der Waals surface area (Å²) in [5.41, 5.74) is 0.641. The first-order valence-corrected chi connectivity index (χ1v) is 9.96. The summed E-state index contributed by atoms with van der Waals surface area (Å²) >= 11 is 12.9. The molecule has 0 aliphatic rings. The van der Waals surface area contributed by atoms with Gasteiger partial charge in [-0.25, -0.2) is 4.79 Å². The van der Waals surface area contributed by atoms with E-state index in [2.05, 4.69) is 5.32 Å². The van der Waals surface area contributed by atoms with Crippen LogP contribution >= 0.6 is 34.5 Å². The van der Waals surface area contributed by atoms with E-state index in [1.807, 2.05) is 0 Å². The molecule has 1 heterocycles. The number of Topliss-reactive ketones (excluding diaryl/α,β-unsaturated/α-hetero) is 1. The molecular weight excluding hydrogens is 425 g/mol. The average Bonchev–Trinajstić information content (AvgIpc) is 2.93. The van der Waals surface area contributed by atoms with Crippen LogP contribution in [0.4, 0.5) is 5.00 Å². The number of nitrogens with one attached hydrogen (secondary N) is 1. The van der Waals surface area contributed by atoms with E-state index in [-0.39, 0.29) is 28.0 Å². The number of amides is 1. The SMILES string of the molecule is CCOC(=O)c1c(NC(=O)[C@H](C)Oc2ccc(Cl)cc2Cl)sc(C(C)=O)c1C. The lowest BCUT2D eigenvalue weighted by molar-refractivity contribution is -0.122.